The van der Waals surface area contributed by atoms with E-state index in [-0.39, 0.29) is 5.82 Å². The van der Waals surface area contributed by atoms with Crippen molar-refractivity contribution in [3.05, 3.63) is 76.4 Å². The third-order valence-electron chi connectivity index (χ3n) is 4.59. The molecule has 2 aromatic carbocycles. The third kappa shape index (κ3) is 5.10. The summed E-state index contributed by atoms with van der Waals surface area (Å²) in [6.07, 6.45) is 0.771. The van der Waals surface area contributed by atoms with E-state index in [1.165, 1.54) is 6.07 Å². The van der Waals surface area contributed by atoms with Crippen molar-refractivity contribution in [1.29, 1.82) is 0 Å². The summed E-state index contributed by atoms with van der Waals surface area (Å²) in [5.41, 5.74) is 3.84. The molecule has 1 heterocycles. The van der Waals surface area contributed by atoms with Crippen LogP contribution in [-0.4, -0.2) is 18.8 Å². The summed E-state index contributed by atoms with van der Waals surface area (Å²) in [6, 6.07) is 12.5. The zero-order valence-electron chi connectivity index (χ0n) is 16.4. The lowest BCUT2D eigenvalue weighted by Crippen LogP contribution is -2.16. The molecule has 0 atom stereocenters. The van der Waals surface area contributed by atoms with Gasteiger partial charge in [0.2, 0.25) is 0 Å². The number of halogens is 1. The molecule has 0 unspecified atom stereocenters. The highest BCUT2D eigenvalue weighted by Gasteiger charge is 2.12. The van der Waals surface area contributed by atoms with Crippen molar-refractivity contribution >= 4 is 0 Å². The SMILES string of the molecule is COc1cc(CNCCc2cccc(F)c2)ccc1OCc1c(C)noc1C. The first kappa shape index (κ1) is 19.9. The molecule has 0 radical (unpaired) electrons. The summed E-state index contributed by atoms with van der Waals surface area (Å²) in [5, 5.41) is 7.31. The number of ether oxygens (including phenoxy) is 2. The smallest absolute Gasteiger partial charge is 0.161 e. The van der Waals surface area contributed by atoms with Crippen LogP contribution in [0.4, 0.5) is 4.39 Å². The first-order valence-corrected chi connectivity index (χ1v) is 9.23. The molecule has 0 spiro atoms. The van der Waals surface area contributed by atoms with Crippen molar-refractivity contribution in [3.63, 3.8) is 0 Å². The lowest BCUT2D eigenvalue weighted by Gasteiger charge is -2.13. The first-order chi connectivity index (χ1) is 13.6. The lowest BCUT2D eigenvalue weighted by atomic mass is 10.1. The van der Waals surface area contributed by atoms with Gasteiger partial charge < -0.3 is 19.3 Å². The molecule has 0 bridgehead atoms. The third-order valence-corrected chi connectivity index (χ3v) is 4.59. The molecule has 0 aliphatic carbocycles. The average Bonchev–Trinajstić information content (AvgIpc) is 3.01. The normalized spacial score (nSPS) is 10.9. The van der Waals surface area contributed by atoms with Crippen molar-refractivity contribution in [2.75, 3.05) is 13.7 Å². The number of hydrogen-bond acceptors (Lipinski definition) is 5. The van der Waals surface area contributed by atoms with Crippen LogP contribution in [0, 0.1) is 19.7 Å². The first-order valence-electron chi connectivity index (χ1n) is 9.23. The van der Waals surface area contributed by atoms with Crippen molar-refractivity contribution in [2.24, 2.45) is 0 Å². The molecule has 0 fully saturated rings. The van der Waals surface area contributed by atoms with E-state index >= 15 is 0 Å². The van der Waals surface area contributed by atoms with Gasteiger partial charge in [0.25, 0.3) is 0 Å². The number of hydrogen-bond donors (Lipinski definition) is 1. The Labute approximate surface area is 164 Å². The standard InChI is InChI=1S/C22H25FN2O3/c1-15-20(16(2)28-25-15)14-27-21-8-7-18(12-22(21)26-3)13-24-10-9-17-5-4-6-19(23)11-17/h4-8,11-12,24H,9-10,13-14H2,1-3H3. The van der Waals surface area contributed by atoms with E-state index in [1.54, 1.807) is 19.2 Å². The van der Waals surface area contributed by atoms with Crippen molar-refractivity contribution in [1.82, 2.24) is 10.5 Å². The van der Waals surface area contributed by atoms with Crippen LogP contribution in [-0.2, 0) is 19.6 Å². The molecule has 28 heavy (non-hydrogen) atoms. The van der Waals surface area contributed by atoms with Gasteiger partial charge in [0, 0.05) is 6.54 Å². The Kier molecular flexibility index (Phi) is 6.66. The number of nitrogens with zero attached hydrogens (tertiary/aromatic N) is 1. The fourth-order valence-electron chi connectivity index (χ4n) is 2.96. The summed E-state index contributed by atoms with van der Waals surface area (Å²) in [5.74, 6) is 1.91. The minimum Gasteiger partial charge on any atom is -0.493 e. The van der Waals surface area contributed by atoms with Gasteiger partial charge >= 0.3 is 0 Å². The summed E-state index contributed by atoms with van der Waals surface area (Å²) < 4.78 is 29.7. The topological polar surface area (TPSA) is 56.5 Å². The minimum absolute atomic E-state index is 0.200. The number of rotatable bonds is 9. The Morgan fingerprint density at radius 2 is 1.93 bits per heavy atom. The highest BCUT2D eigenvalue weighted by atomic mass is 19.1. The van der Waals surface area contributed by atoms with Gasteiger partial charge in [-0.25, -0.2) is 4.39 Å². The van der Waals surface area contributed by atoms with Crippen LogP contribution in [0.2, 0.25) is 0 Å². The number of nitrogens with one attached hydrogen (secondary N) is 1. The molecule has 3 rings (SSSR count). The summed E-state index contributed by atoms with van der Waals surface area (Å²) >= 11 is 0. The molecule has 0 saturated heterocycles. The molecule has 1 N–H and O–H groups in total. The Hall–Kier alpha value is -2.86. The van der Waals surface area contributed by atoms with Crippen LogP contribution in [0.5, 0.6) is 11.5 Å². The van der Waals surface area contributed by atoms with Gasteiger partial charge in [0.05, 0.1) is 18.4 Å². The van der Waals surface area contributed by atoms with E-state index in [9.17, 15) is 4.39 Å². The monoisotopic (exact) mass is 384 g/mol. The van der Waals surface area contributed by atoms with Crippen LogP contribution >= 0.6 is 0 Å². The molecule has 5 nitrogen and oxygen atoms in total. The Morgan fingerprint density at radius 1 is 1.07 bits per heavy atom. The average molecular weight is 384 g/mol. The van der Waals surface area contributed by atoms with Crippen molar-refractivity contribution in [2.45, 2.75) is 33.4 Å². The number of benzene rings is 2. The Balaban J connectivity index is 1.53. The van der Waals surface area contributed by atoms with Gasteiger partial charge in [-0.3, -0.25) is 0 Å². The van der Waals surface area contributed by atoms with Crippen molar-refractivity contribution < 1.29 is 18.4 Å². The number of aryl methyl sites for hydroxylation is 2. The highest BCUT2D eigenvalue weighted by Crippen LogP contribution is 2.29. The lowest BCUT2D eigenvalue weighted by molar-refractivity contribution is 0.281. The number of aromatic nitrogens is 1. The second-order valence-electron chi connectivity index (χ2n) is 6.63. The van der Waals surface area contributed by atoms with Gasteiger partial charge in [0.15, 0.2) is 11.5 Å². The van der Waals surface area contributed by atoms with Crippen LogP contribution in [0.3, 0.4) is 0 Å². The van der Waals surface area contributed by atoms with E-state index in [4.69, 9.17) is 14.0 Å². The summed E-state index contributed by atoms with van der Waals surface area (Å²) in [6.45, 7) is 5.59. The van der Waals surface area contributed by atoms with Gasteiger partial charge in [-0.1, -0.05) is 23.4 Å². The fraction of sp³-hybridized carbons (Fsp3) is 0.318. The molecule has 0 aliphatic rings. The molecule has 6 heteroatoms. The van der Waals surface area contributed by atoms with E-state index < -0.39 is 0 Å². The van der Waals surface area contributed by atoms with Crippen LogP contribution < -0.4 is 14.8 Å². The second-order valence-corrected chi connectivity index (χ2v) is 6.63. The van der Waals surface area contributed by atoms with E-state index in [1.807, 2.05) is 38.1 Å². The molecule has 0 saturated carbocycles. The van der Waals surface area contributed by atoms with Gasteiger partial charge in [0.1, 0.15) is 18.2 Å². The number of methoxy groups -OCH3 is 1. The Morgan fingerprint density at radius 3 is 2.64 bits per heavy atom. The molecule has 0 amide bonds. The van der Waals surface area contributed by atoms with Crippen LogP contribution in [0.1, 0.15) is 28.1 Å². The largest absolute Gasteiger partial charge is 0.493 e. The van der Waals surface area contributed by atoms with Gasteiger partial charge in [-0.05, 0) is 62.2 Å². The predicted molar refractivity (Wildman–Crippen MR) is 105 cm³/mol. The maximum absolute atomic E-state index is 13.2. The van der Waals surface area contributed by atoms with Gasteiger partial charge in [-0.2, -0.15) is 0 Å². The summed E-state index contributed by atoms with van der Waals surface area (Å²) in [4.78, 5) is 0. The predicted octanol–water partition coefficient (Wildman–Crippen LogP) is 4.35. The van der Waals surface area contributed by atoms with Crippen LogP contribution in [0.15, 0.2) is 47.0 Å². The molecular formula is C22H25FN2O3. The molecular weight excluding hydrogens is 359 g/mol. The second kappa shape index (κ2) is 9.37. The summed E-state index contributed by atoms with van der Waals surface area (Å²) in [7, 11) is 1.62. The highest BCUT2D eigenvalue weighted by molar-refractivity contribution is 5.43. The molecule has 148 valence electrons. The minimum atomic E-state index is -0.200. The molecule has 3 aromatic rings. The Bertz CT molecular complexity index is 904. The molecule has 0 aliphatic heterocycles. The fourth-order valence-corrected chi connectivity index (χ4v) is 2.96. The maximum Gasteiger partial charge on any atom is 0.161 e. The zero-order valence-corrected chi connectivity index (χ0v) is 16.4. The van der Waals surface area contributed by atoms with Crippen molar-refractivity contribution in [3.8, 4) is 11.5 Å². The van der Waals surface area contributed by atoms with Crippen LogP contribution in [0.25, 0.3) is 0 Å². The van der Waals surface area contributed by atoms with E-state index in [0.717, 1.165) is 41.1 Å². The quantitative estimate of drug-likeness (QED) is 0.556. The van der Waals surface area contributed by atoms with E-state index in [0.29, 0.717) is 24.7 Å². The maximum atomic E-state index is 13.2. The van der Waals surface area contributed by atoms with Gasteiger partial charge in [-0.15, -0.1) is 0 Å². The zero-order chi connectivity index (χ0) is 19.9. The van der Waals surface area contributed by atoms with E-state index in [2.05, 4.69) is 10.5 Å². The molecule has 1 aromatic heterocycles.